The van der Waals surface area contributed by atoms with Crippen LogP contribution in [0, 0.1) is 12.8 Å². The van der Waals surface area contributed by atoms with Gasteiger partial charge in [-0.15, -0.1) is 0 Å². The number of hydrogen-bond acceptors (Lipinski definition) is 6. The Bertz CT molecular complexity index is 1200. The molecule has 0 atom stereocenters. The number of benzene rings is 2. The number of nitrogens with zero attached hydrogens (tertiary/aromatic N) is 2. The van der Waals surface area contributed by atoms with Crippen molar-refractivity contribution < 1.29 is 14.3 Å². The maximum atomic E-state index is 12.3. The summed E-state index contributed by atoms with van der Waals surface area (Å²) >= 11 is 0. The fourth-order valence-corrected chi connectivity index (χ4v) is 4.90. The van der Waals surface area contributed by atoms with Gasteiger partial charge in [-0.3, -0.25) is 4.79 Å². The third-order valence-electron chi connectivity index (χ3n) is 6.63. The molecule has 2 heterocycles. The summed E-state index contributed by atoms with van der Waals surface area (Å²) in [6.45, 7) is 7.15. The Kier molecular flexibility index (Phi) is 6.26. The largest absolute Gasteiger partial charge is 0.486 e. The van der Waals surface area contributed by atoms with Gasteiger partial charge < -0.3 is 20.1 Å². The van der Waals surface area contributed by atoms with Crippen molar-refractivity contribution in [2.45, 2.75) is 58.5 Å². The molecule has 2 N–H and O–H groups in total. The number of aryl methyl sites for hydroxylation is 1. The zero-order chi connectivity index (χ0) is 23.7. The zero-order valence-electron chi connectivity index (χ0n) is 20.1. The normalized spacial score (nSPS) is 19.8. The maximum Gasteiger partial charge on any atom is 0.223 e. The molecule has 1 amide bonds. The molecule has 0 saturated heterocycles. The van der Waals surface area contributed by atoms with Crippen LogP contribution in [-0.2, 0) is 4.79 Å². The Labute approximate surface area is 200 Å². The summed E-state index contributed by atoms with van der Waals surface area (Å²) in [7, 11) is 0. The van der Waals surface area contributed by atoms with Crippen molar-refractivity contribution in [3.05, 3.63) is 42.1 Å². The Hall–Kier alpha value is -3.35. The Balaban J connectivity index is 1.32. The predicted molar refractivity (Wildman–Crippen MR) is 133 cm³/mol. The molecule has 0 spiro atoms. The van der Waals surface area contributed by atoms with Gasteiger partial charge in [-0.25, -0.2) is 9.97 Å². The van der Waals surface area contributed by atoms with Crippen LogP contribution in [-0.4, -0.2) is 41.2 Å². The summed E-state index contributed by atoms with van der Waals surface area (Å²) < 4.78 is 11.6. The molecule has 1 fully saturated rings. The zero-order valence-corrected chi connectivity index (χ0v) is 20.1. The summed E-state index contributed by atoms with van der Waals surface area (Å²) in [5.41, 5.74) is 3.91. The topological polar surface area (TPSA) is 85.4 Å². The lowest BCUT2D eigenvalue weighted by molar-refractivity contribution is -0.126. The molecule has 178 valence electrons. The van der Waals surface area contributed by atoms with Crippen molar-refractivity contribution in [3.8, 4) is 22.6 Å². The molecule has 1 aliphatic heterocycles. The molecule has 2 aliphatic rings. The number of rotatable bonds is 5. The highest BCUT2D eigenvalue weighted by Gasteiger charge is 2.27. The molecule has 0 unspecified atom stereocenters. The Morgan fingerprint density at radius 1 is 1.03 bits per heavy atom. The highest BCUT2D eigenvalue weighted by molar-refractivity contribution is 5.88. The van der Waals surface area contributed by atoms with Crippen LogP contribution >= 0.6 is 0 Å². The third-order valence-corrected chi connectivity index (χ3v) is 6.63. The minimum atomic E-state index is 0.108. The van der Waals surface area contributed by atoms with Gasteiger partial charge in [0.2, 0.25) is 11.9 Å². The van der Waals surface area contributed by atoms with E-state index in [9.17, 15) is 4.79 Å². The fraction of sp³-hybridized carbons (Fsp3) is 0.444. The minimum absolute atomic E-state index is 0.108. The van der Waals surface area contributed by atoms with Crippen LogP contribution in [0.5, 0.6) is 11.5 Å². The maximum absolute atomic E-state index is 12.3. The standard InChI is InChI=1S/C27H32N4O3/c1-16(2)28-26(32)18-7-10-20(11-8-18)30-27-29-17(3)22-15-19(9-12-23(22)31-27)21-5-4-6-24-25(21)34-14-13-33-24/h4-6,9,12,15-16,18,20H,7-8,10-11,13-14H2,1-3H3,(H,28,32)(H,29,30,31)/t18-,20+. The lowest BCUT2D eigenvalue weighted by atomic mass is 9.85. The minimum Gasteiger partial charge on any atom is -0.486 e. The molecular weight excluding hydrogens is 428 g/mol. The van der Waals surface area contributed by atoms with Crippen LogP contribution in [0.1, 0.15) is 45.2 Å². The van der Waals surface area contributed by atoms with E-state index in [-0.39, 0.29) is 23.9 Å². The van der Waals surface area contributed by atoms with Gasteiger partial charge >= 0.3 is 0 Å². The first kappa shape index (κ1) is 22.4. The summed E-state index contributed by atoms with van der Waals surface area (Å²) in [5.74, 6) is 2.52. The van der Waals surface area contributed by atoms with Crippen LogP contribution in [0.3, 0.4) is 0 Å². The lowest BCUT2D eigenvalue weighted by Crippen LogP contribution is -2.39. The first-order valence-electron chi connectivity index (χ1n) is 12.2. The number of nitrogens with one attached hydrogen (secondary N) is 2. The van der Waals surface area contributed by atoms with E-state index in [1.807, 2.05) is 39.0 Å². The molecule has 0 radical (unpaired) electrons. The predicted octanol–water partition coefficient (Wildman–Crippen LogP) is 4.87. The second-order valence-electron chi connectivity index (χ2n) is 9.55. The van der Waals surface area contributed by atoms with E-state index in [4.69, 9.17) is 19.4 Å². The number of fused-ring (bicyclic) bond motifs is 2. The monoisotopic (exact) mass is 460 g/mol. The van der Waals surface area contributed by atoms with Gasteiger partial charge in [0.15, 0.2) is 11.5 Å². The lowest BCUT2D eigenvalue weighted by Gasteiger charge is -2.29. The van der Waals surface area contributed by atoms with Crippen molar-refractivity contribution in [1.82, 2.24) is 15.3 Å². The quantitative estimate of drug-likeness (QED) is 0.565. The summed E-state index contributed by atoms with van der Waals surface area (Å²) in [4.78, 5) is 21.8. The van der Waals surface area contributed by atoms with Crippen LogP contribution < -0.4 is 20.1 Å². The van der Waals surface area contributed by atoms with E-state index < -0.39 is 0 Å². The first-order valence-corrected chi connectivity index (χ1v) is 12.2. The molecule has 5 rings (SSSR count). The molecule has 1 aromatic heterocycles. The number of hydrogen-bond donors (Lipinski definition) is 2. The first-order chi connectivity index (χ1) is 16.5. The van der Waals surface area contributed by atoms with Crippen LogP contribution in [0.2, 0.25) is 0 Å². The molecule has 0 bridgehead atoms. The molecule has 3 aromatic rings. The molecule has 2 aromatic carbocycles. The molecule has 1 aliphatic carbocycles. The van der Waals surface area contributed by atoms with Crippen molar-refractivity contribution in [2.75, 3.05) is 18.5 Å². The molecular formula is C27H32N4O3. The Morgan fingerprint density at radius 3 is 2.62 bits per heavy atom. The van der Waals surface area contributed by atoms with Crippen LogP contribution in [0.25, 0.3) is 22.0 Å². The molecule has 7 nitrogen and oxygen atoms in total. The Morgan fingerprint density at radius 2 is 1.82 bits per heavy atom. The average molecular weight is 461 g/mol. The van der Waals surface area contributed by atoms with E-state index in [0.717, 1.165) is 64.9 Å². The van der Waals surface area contributed by atoms with Crippen molar-refractivity contribution in [1.29, 1.82) is 0 Å². The second-order valence-corrected chi connectivity index (χ2v) is 9.55. The van der Waals surface area contributed by atoms with Gasteiger partial charge in [-0.05, 0) is 70.2 Å². The van der Waals surface area contributed by atoms with Gasteiger partial charge in [0.05, 0.1) is 11.2 Å². The van der Waals surface area contributed by atoms with Crippen molar-refractivity contribution >= 4 is 22.8 Å². The number of ether oxygens (including phenoxy) is 2. The van der Waals surface area contributed by atoms with E-state index in [0.29, 0.717) is 19.2 Å². The fourth-order valence-electron chi connectivity index (χ4n) is 4.90. The van der Waals surface area contributed by atoms with Crippen molar-refractivity contribution in [3.63, 3.8) is 0 Å². The van der Waals surface area contributed by atoms with E-state index in [1.54, 1.807) is 0 Å². The second kappa shape index (κ2) is 9.49. The number of carbonyl (C=O) groups excluding carboxylic acids is 1. The highest BCUT2D eigenvalue weighted by atomic mass is 16.6. The summed E-state index contributed by atoms with van der Waals surface area (Å²) in [5, 5.41) is 7.57. The SMILES string of the molecule is Cc1nc(N[C@H]2CC[C@@H](C(=O)NC(C)C)CC2)nc2ccc(-c3cccc4c3OCCO4)cc12. The summed E-state index contributed by atoms with van der Waals surface area (Å²) in [6, 6.07) is 12.7. The van der Waals surface area contributed by atoms with Crippen LogP contribution in [0.4, 0.5) is 5.95 Å². The number of amides is 1. The van der Waals surface area contributed by atoms with E-state index in [1.165, 1.54) is 0 Å². The van der Waals surface area contributed by atoms with E-state index in [2.05, 4.69) is 28.8 Å². The number of carbonyl (C=O) groups is 1. The van der Waals surface area contributed by atoms with Gasteiger partial charge in [-0.1, -0.05) is 18.2 Å². The van der Waals surface area contributed by atoms with Gasteiger partial charge in [0, 0.05) is 29.0 Å². The number of para-hydroxylation sites is 1. The third kappa shape index (κ3) is 4.65. The van der Waals surface area contributed by atoms with Gasteiger partial charge in [0.25, 0.3) is 0 Å². The van der Waals surface area contributed by atoms with Gasteiger partial charge in [0.1, 0.15) is 13.2 Å². The highest BCUT2D eigenvalue weighted by Crippen LogP contribution is 2.40. The van der Waals surface area contributed by atoms with Crippen LogP contribution in [0.15, 0.2) is 36.4 Å². The smallest absolute Gasteiger partial charge is 0.223 e. The number of aromatic nitrogens is 2. The van der Waals surface area contributed by atoms with Gasteiger partial charge in [-0.2, -0.15) is 0 Å². The number of anilines is 1. The molecule has 7 heteroatoms. The average Bonchev–Trinajstić information content (AvgIpc) is 2.83. The van der Waals surface area contributed by atoms with Crippen molar-refractivity contribution in [2.24, 2.45) is 5.92 Å². The molecule has 1 saturated carbocycles. The molecule has 34 heavy (non-hydrogen) atoms. The summed E-state index contributed by atoms with van der Waals surface area (Å²) in [6.07, 6.45) is 3.66. The van der Waals surface area contributed by atoms with E-state index >= 15 is 0 Å².